The molecule has 6 heteroatoms. The molecule has 0 N–H and O–H groups in total. The van der Waals surface area contributed by atoms with Gasteiger partial charge in [-0.15, -0.1) is 0 Å². The van der Waals surface area contributed by atoms with Crippen molar-refractivity contribution in [1.82, 2.24) is 0 Å². The standard InChI is InChI=1S/Co.Fe.Li.Mn.Ni.O/q2*+2;+1;2*+2;-2. The molecular formula is CoFeLiMnNiO+7. The maximum absolute atomic E-state index is 0. The molecule has 0 amide bonds. The molecule has 0 aliphatic rings. The summed E-state index contributed by atoms with van der Waals surface area (Å²) in [6, 6.07) is 0. The summed E-state index contributed by atoms with van der Waals surface area (Å²) >= 11 is 0. The quantitative estimate of drug-likeness (QED) is 0.408. The third kappa shape index (κ3) is 30.6. The van der Waals surface area contributed by atoms with Crippen LogP contribution in [0.4, 0.5) is 0 Å². The van der Waals surface area contributed by atoms with Gasteiger partial charge in [0.1, 0.15) is 0 Å². The molecule has 34 valence electrons. The van der Waals surface area contributed by atoms with Crippen LogP contribution >= 0.6 is 0 Å². The van der Waals surface area contributed by atoms with Gasteiger partial charge in [-0.1, -0.05) is 0 Å². The van der Waals surface area contributed by atoms with E-state index in [0.29, 0.717) is 0 Å². The fourth-order valence-corrected chi connectivity index (χ4v) is 0. The van der Waals surface area contributed by atoms with Gasteiger partial charge in [-0.3, -0.25) is 0 Å². The predicted molar refractivity (Wildman–Crippen MR) is 0.686 cm³/mol. The monoisotopic (exact) mass is 251 g/mol. The van der Waals surface area contributed by atoms with Crippen molar-refractivity contribution in [3.8, 4) is 0 Å². The number of rotatable bonds is 0. The Bertz CT molecular complexity index is 15.5. The zero-order chi connectivity index (χ0) is 0. The normalized spacial score (nSPS) is 0. The summed E-state index contributed by atoms with van der Waals surface area (Å²) in [6.45, 7) is 0. The Kier molecular flexibility index (Phi) is 601. The molecule has 0 spiro atoms. The fraction of sp³-hybridized carbons (Fsp3) is 0. The van der Waals surface area contributed by atoms with Crippen LogP contribution in [-0.2, 0) is 72.9 Å². The van der Waals surface area contributed by atoms with Crippen molar-refractivity contribution in [2.75, 3.05) is 0 Å². The van der Waals surface area contributed by atoms with E-state index in [4.69, 9.17) is 0 Å². The largest absolute Gasteiger partial charge is 2.00 e. The second-order valence-electron chi connectivity index (χ2n) is 0. The molecule has 0 saturated carbocycles. The minimum atomic E-state index is 0. The molecule has 0 aliphatic heterocycles. The van der Waals surface area contributed by atoms with Gasteiger partial charge in [-0.25, -0.2) is 0 Å². The van der Waals surface area contributed by atoms with Crippen LogP contribution in [0.1, 0.15) is 0 Å². The molecule has 0 saturated heterocycles. The second kappa shape index (κ2) is 49.0. The second-order valence-corrected chi connectivity index (χ2v) is 0. The summed E-state index contributed by atoms with van der Waals surface area (Å²) < 4.78 is 0. The van der Waals surface area contributed by atoms with Crippen molar-refractivity contribution < 1.29 is 91.7 Å². The molecular weight excluding hydrogens is 251 g/mol. The first-order chi connectivity index (χ1) is 0. The third-order valence-electron chi connectivity index (χ3n) is 0. The van der Waals surface area contributed by atoms with Gasteiger partial charge in [0.15, 0.2) is 0 Å². The van der Waals surface area contributed by atoms with Gasteiger partial charge in [-0.05, 0) is 0 Å². The molecule has 0 fully saturated rings. The van der Waals surface area contributed by atoms with E-state index >= 15 is 0 Å². The summed E-state index contributed by atoms with van der Waals surface area (Å²) in [5, 5.41) is 0. The molecule has 0 atom stereocenters. The Labute approximate surface area is 90.7 Å². The summed E-state index contributed by atoms with van der Waals surface area (Å²) in [5.74, 6) is 0. The average Bonchev–Trinajstić information content (AvgIpc) is 0. The maximum atomic E-state index is 0. The first-order valence-electron chi connectivity index (χ1n) is 0. The van der Waals surface area contributed by atoms with Gasteiger partial charge >= 0.3 is 86.3 Å². The van der Waals surface area contributed by atoms with E-state index in [1.54, 1.807) is 0 Å². The Hall–Kier alpha value is 2.60. The van der Waals surface area contributed by atoms with Crippen LogP contribution < -0.4 is 18.9 Å². The summed E-state index contributed by atoms with van der Waals surface area (Å²) in [6.07, 6.45) is 0. The van der Waals surface area contributed by atoms with Crippen LogP contribution in [0.15, 0.2) is 0 Å². The van der Waals surface area contributed by atoms with Crippen molar-refractivity contribution in [3.63, 3.8) is 0 Å². The summed E-state index contributed by atoms with van der Waals surface area (Å²) in [5.41, 5.74) is 0. The molecule has 0 aromatic rings. The number of hydrogen-bond donors (Lipinski definition) is 0. The summed E-state index contributed by atoms with van der Waals surface area (Å²) in [4.78, 5) is 0. The van der Waals surface area contributed by atoms with Crippen LogP contribution in [-0.4, -0.2) is 0 Å². The van der Waals surface area contributed by atoms with E-state index < -0.39 is 0 Å². The van der Waals surface area contributed by atoms with Gasteiger partial charge in [-0.2, -0.15) is 0 Å². The van der Waals surface area contributed by atoms with E-state index in [1.807, 2.05) is 0 Å². The van der Waals surface area contributed by atoms with Crippen molar-refractivity contribution in [1.29, 1.82) is 0 Å². The van der Waals surface area contributed by atoms with Crippen LogP contribution in [0.2, 0.25) is 0 Å². The summed E-state index contributed by atoms with van der Waals surface area (Å²) in [7, 11) is 0. The smallest absolute Gasteiger partial charge is 2.00 e. The van der Waals surface area contributed by atoms with E-state index in [9.17, 15) is 0 Å². The van der Waals surface area contributed by atoms with Gasteiger partial charge in [0.2, 0.25) is 0 Å². The third-order valence-corrected chi connectivity index (χ3v) is 0. The molecule has 0 aromatic carbocycles. The predicted octanol–water partition coefficient (Wildman–Crippen LogP) is -3.12. The van der Waals surface area contributed by atoms with Gasteiger partial charge in [0, 0.05) is 0 Å². The fourth-order valence-electron chi connectivity index (χ4n) is 0. The van der Waals surface area contributed by atoms with Crippen LogP contribution in [0.5, 0.6) is 0 Å². The Balaban J connectivity index is 0. The molecule has 0 rings (SSSR count). The zero-order valence-corrected chi connectivity index (χ0v) is 7.10. The maximum Gasteiger partial charge on any atom is 2.00 e. The first kappa shape index (κ1) is 73.6. The van der Waals surface area contributed by atoms with Crippen molar-refractivity contribution in [3.05, 3.63) is 0 Å². The van der Waals surface area contributed by atoms with Crippen LogP contribution in [0.3, 0.4) is 0 Å². The Morgan fingerprint density at radius 3 is 1.00 bits per heavy atom. The molecule has 1 nitrogen and oxygen atoms in total. The molecule has 0 bridgehead atoms. The van der Waals surface area contributed by atoms with Crippen LogP contribution in [0, 0.1) is 0 Å². The Morgan fingerprint density at radius 2 is 1.00 bits per heavy atom. The topological polar surface area (TPSA) is 28.5 Å². The van der Waals surface area contributed by atoms with E-state index in [-0.39, 0.29) is 91.7 Å². The van der Waals surface area contributed by atoms with E-state index in [2.05, 4.69) is 0 Å². The molecule has 0 aliphatic carbocycles. The minimum absolute atomic E-state index is 0. The average molecular weight is 251 g/mol. The van der Waals surface area contributed by atoms with Crippen LogP contribution in [0.25, 0.3) is 0 Å². The van der Waals surface area contributed by atoms with Gasteiger partial charge in [0.05, 0.1) is 0 Å². The van der Waals surface area contributed by atoms with Crippen molar-refractivity contribution in [2.45, 2.75) is 0 Å². The van der Waals surface area contributed by atoms with Gasteiger partial charge in [0.25, 0.3) is 0 Å². The zero-order valence-electron chi connectivity index (χ0n) is 2.79. The van der Waals surface area contributed by atoms with Crippen molar-refractivity contribution >= 4 is 0 Å². The molecule has 0 aromatic heterocycles. The van der Waals surface area contributed by atoms with Gasteiger partial charge < -0.3 is 5.48 Å². The first-order valence-corrected chi connectivity index (χ1v) is 0. The molecule has 0 unspecified atom stereocenters. The van der Waals surface area contributed by atoms with Crippen molar-refractivity contribution in [2.24, 2.45) is 0 Å². The molecule has 2 radical (unpaired) electrons. The minimum Gasteiger partial charge on any atom is -2.00 e. The molecule has 6 heavy (non-hydrogen) atoms. The SMILES string of the molecule is [Co+2].[Fe+2].[Li+].[Mn+2].[Ni+2].[O-2]. The van der Waals surface area contributed by atoms with E-state index in [0.717, 1.165) is 0 Å². The Morgan fingerprint density at radius 1 is 1.00 bits per heavy atom. The molecule has 0 heterocycles. The van der Waals surface area contributed by atoms with E-state index in [1.165, 1.54) is 0 Å². The number of hydrogen-bond acceptors (Lipinski definition) is 0.